The van der Waals surface area contributed by atoms with Gasteiger partial charge in [0.2, 0.25) is 0 Å². The zero-order chi connectivity index (χ0) is 20.4. The molecule has 1 aliphatic carbocycles. The van der Waals surface area contributed by atoms with Gasteiger partial charge in [-0.15, -0.1) is 0 Å². The summed E-state index contributed by atoms with van der Waals surface area (Å²) in [7, 11) is 0. The van der Waals surface area contributed by atoms with Gasteiger partial charge in [0.1, 0.15) is 0 Å². The average Bonchev–Trinajstić information content (AvgIpc) is 2.67. The number of hydrogen-bond acceptors (Lipinski definition) is 3. The van der Waals surface area contributed by atoms with Gasteiger partial charge in [-0.25, -0.2) is 0 Å². The van der Waals surface area contributed by atoms with Gasteiger partial charge in [-0.3, -0.25) is 15.0 Å². The van der Waals surface area contributed by atoms with E-state index in [2.05, 4.69) is 10.9 Å². The molecule has 0 radical (unpaired) electrons. The van der Waals surface area contributed by atoms with E-state index in [1.165, 1.54) is 0 Å². The van der Waals surface area contributed by atoms with E-state index >= 15 is 0 Å². The summed E-state index contributed by atoms with van der Waals surface area (Å²) in [6.07, 6.45) is 2.46. The number of hydrogen-bond donors (Lipinski definition) is 2. The molecule has 0 atom stereocenters. The lowest BCUT2D eigenvalue weighted by molar-refractivity contribution is -0.166. The molecule has 1 aromatic carbocycles. The molecule has 1 aliphatic rings. The van der Waals surface area contributed by atoms with Gasteiger partial charge in [-0.05, 0) is 37.8 Å². The SMILES string of the molecule is O=C(NN/C1=C(\C(=O)C(F)(F)F)CCCCCCCCCC1)c1ccccc1. The molecule has 2 rings (SSSR count). The van der Waals surface area contributed by atoms with Crippen LogP contribution in [0.3, 0.4) is 0 Å². The Morgan fingerprint density at radius 2 is 1.32 bits per heavy atom. The molecule has 0 heterocycles. The van der Waals surface area contributed by atoms with Crippen molar-refractivity contribution in [2.75, 3.05) is 0 Å². The number of rotatable bonds is 4. The fraction of sp³-hybridized carbons (Fsp3) is 0.524. The van der Waals surface area contributed by atoms with Crippen LogP contribution in [0.2, 0.25) is 0 Å². The number of benzene rings is 1. The number of nitrogens with one attached hydrogen (secondary N) is 2. The molecule has 28 heavy (non-hydrogen) atoms. The van der Waals surface area contributed by atoms with Gasteiger partial charge in [-0.1, -0.05) is 56.7 Å². The van der Waals surface area contributed by atoms with Gasteiger partial charge in [0, 0.05) is 16.8 Å². The van der Waals surface area contributed by atoms with E-state index in [4.69, 9.17) is 0 Å². The number of hydrazine groups is 1. The van der Waals surface area contributed by atoms with Crippen LogP contribution in [0.4, 0.5) is 13.2 Å². The van der Waals surface area contributed by atoms with Crippen molar-refractivity contribution in [2.45, 2.75) is 70.4 Å². The summed E-state index contributed by atoms with van der Waals surface area (Å²) < 4.78 is 39.4. The van der Waals surface area contributed by atoms with Crippen molar-refractivity contribution in [1.29, 1.82) is 0 Å². The van der Waals surface area contributed by atoms with Crippen molar-refractivity contribution in [2.24, 2.45) is 0 Å². The number of ketones is 1. The minimum Gasteiger partial charge on any atom is -0.302 e. The smallest absolute Gasteiger partial charge is 0.302 e. The quantitative estimate of drug-likeness (QED) is 0.686. The predicted octanol–water partition coefficient (Wildman–Crippen LogP) is 5.22. The molecule has 0 unspecified atom stereocenters. The number of amides is 1. The summed E-state index contributed by atoms with van der Waals surface area (Å²) in [4.78, 5) is 24.3. The fourth-order valence-electron chi connectivity index (χ4n) is 3.32. The molecule has 0 spiro atoms. The highest BCUT2D eigenvalue weighted by atomic mass is 19.4. The highest BCUT2D eigenvalue weighted by molar-refractivity contribution is 6.00. The van der Waals surface area contributed by atoms with Crippen LogP contribution in [0, 0.1) is 0 Å². The molecule has 0 aromatic heterocycles. The van der Waals surface area contributed by atoms with E-state index in [1.807, 2.05) is 0 Å². The lowest BCUT2D eigenvalue weighted by Crippen LogP contribution is -2.39. The normalized spacial score (nSPS) is 19.8. The molecule has 1 aromatic rings. The van der Waals surface area contributed by atoms with Crippen LogP contribution in [0.5, 0.6) is 0 Å². The van der Waals surface area contributed by atoms with E-state index < -0.39 is 17.9 Å². The third kappa shape index (κ3) is 7.02. The summed E-state index contributed by atoms with van der Waals surface area (Å²) >= 11 is 0. The Hall–Kier alpha value is -2.31. The van der Waals surface area contributed by atoms with Gasteiger partial charge in [0.05, 0.1) is 0 Å². The Kier molecular flexibility index (Phi) is 8.54. The van der Waals surface area contributed by atoms with E-state index in [-0.39, 0.29) is 17.7 Å². The molecule has 2 N–H and O–H groups in total. The molecule has 7 heteroatoms. The Labute approximate surface area is 163 Å². The largest absolute Gasteiger partial charge is 0.454 e. The van der Waals surface area contributed by atoms with Crippen LogP contribution in [-0.2, 0) is 4.79 Å². The number of allylic oxidation sites excluding steroid dienone is 2. The van der Waals surface area contributed by atoms with Gasteiger partial charge in [0.25, 0.3) is 11.7 Å². The lowest BCUT2D eigenvalue weighted by Gasteiger charge is -2.19. The van der Waals surface area contributed by atoms with E-state index in [1.54, 1.807) is 30.3 Å². The number of halogens is 3. The van der Waals surface area contributed by atoms with Crippen LogP contribution >= 0.6 is 0 Å². The topological polar surface area (TPSA) is 58.2 Å². The summed E-state index contributed by atoms with van der Waals surface area (Å²) in [5.41, 5.74) is 5.38. The highest BCUT2D eigenvalue weighted by Crippen LogP contribution is 2.28. The Bertz CT molecular complexity index is 685. The lowest BCUT2D eigenvalue weighted by atomic mass is 9.96. The average molecular weight is 396 g/mol. The molecule has 0 saturated heterocycles. The minimum atomic E-state index is -4.93. The van der Waals surface area contributed by atoms with E-state index in [0.29, 0.717) is 24.8 Å². The standard InChI is InChI=1S/C21H27F3N2O2/c22-21(23,24)19(27)17-14-10-5-3-1-2-4-6-11-15-18(17)25-26-20(28)16-12-8-7-9-13-16/h7-9,12-13,25H,1-6,10-11,14-15H2,(H,26,28)/b18-17-. The van der Waals surface area contributed by atoms with Crippen molar-refractivity contribution >= 4 is 11.7 Å². The third-order valence-corrected chi connectivity index (χ3v) is 4.86. The first-order valence-electron chi connectivity index (χ1n) is 9.84. The van der Waals surface area contributed by atoms with Crippen molar-refractivity contribution in [3.63, 3.8) is 0 Å². The van der Waals surface area contributed by atoms with Crippen LogP contribution < -0.4 is 10.9 Å². The minimum absolute atomic E-state index is 0.0574. The summed E-state index contributed by atoms with van der Waals surface area (Å²) in [5.74, 6) is -2.28. The maximum Gasteiger partial charge on any atom is 0.454 e. The second-order valence-electron chi connectivity index (χ2n) is 7.06. The molecule has 0 bridgehead atoms. The molecular weight excluding hydrogens is 369 g/mol. The van der Waals surface area contributed by atoms with Gasteiger partial charge >= 0.3 is 6.18 Å². The monoisotopic (exact) mass is 396 g/mol. The molecule has 4 nitrogen and oxygen atoms in total. The highest BCUT2D eigenvalue weighted by Gasteiger charge is 2.41. The molecule has 154 valence electrons. The van der Waals surface area contributed by atoms with Crippen molar-refractivity contribution in [1.82, 2.24) is 10.9 Å². The number of carbonyl (C=O) groups excluding carboxylic acids is 2. The Balaban J connectivity index is 2.21. The van der Waals surface area contributed by atoms with Crippen LogP contribution in [-0.4, -0.2) is 17.9 Å². The number of alkyl halides is 3. The first kappa shape index (κ1) is 22.0. The van der Waals surface area contributed by atoms with Gasteiger partial charge in [0.15, 0.2) is 0 Å². The maximum absolute atomic E-state index is 13.1. The first-order valence-corrected chi connectivity index (χ1v) is 9.84. The maximum atomic E-state index is 13.1. The first-order chi connectivity index (χ1) is 13.4. The van der Waals surface area contributed by atoms with E-state index in [0.717, 1.165) is 38.5 Å². The van der Waals surface area contributed by atoms with Crippen molar-refractivity contribution in [3.8, 4) is 0 Å². The van der Waals surface area contributed by atoms with Crippen molar-refractivity contribution < 1.29 is 22.8 Å². The molecular formula is C21H27F3N2O2. The van der Waals surface area contributed by atoms with E-state index in [9.17, 15) is 22.8 Å². The molecule has 1 amide bonds. The summed E-state index contributed by atoms with van der Waals surface area (Å²) in [6, 6.07) is 8.37. The zero-order valence-corrected chi connectivity index (χ0v) is 15.9. The Morgan fingerprint density at radius 1 is 0.786 bits per heavy atom. The molecule has 0 aliphatic heterocycles. The third-order valence-electron chi connectivity index (χ3n) is 4.86. The Morgan fingerprint density at radius 3 is 1.89 bits per heavy atom. The number of Topliss-reactive ketones (excluding diaryl/α,β-unsaturated/α-hetero) is 1. The number of carbonyl (C=O) groups is 2. The van der Waals surface area contributed by atoms with Crippen LogP contribution in [0.25, 0.3) is 0 Å². The van der Waals surface area contributed by atoms with Crippen molar-refractivity contribution in [3.05, 3.63) is 47.2 Å². The van der Waals surface area contributed by atoms with Crippen LogP contribution in [0.15, 0.2) is 41.6 Å². The second-order valence-corrected chi connectivity index (χ2v) is 7.06. The fourth-order valence-corrected chi connectivity index (χ4v) is 3.32. The molecule has 0 fully saturated rings. The van der Waals surface area contributed by atoms with Crippen LogP contribution in [0.1, 0.15) is 74.6 Å². The summed E-state index contributed by atoms with van der Waals surface area (Å²) in [5, 5.41) is 0. The molecule has 0 saturated carbocycles. The van der Waals surface area contributed by atoms with Gasteiger partial charge < -0.3 is 5.43 Å². The summed E-state index contributed by atoms with van der Waals surface area (Å²) in [6.45, 7) is 0. The zero-order valence-electron chi connectivity index (χ0n) is 15.9. The predicted molar refractivity (Wildman–Crippen MR) is 101 cm³/mol. The van der Waals surface area contributed by atoms with Gasteiger partial charge in [-0.2, -0.15) is 13.2 Å². The second kappa shape index (κ2) is 10.9.